The first kappa shape index (κ1) is 14.2. The second-order valence-electron chi connectivity index (χ2n) is 4.45. The number of amides is 1. The lowest BCUT2D eigenvalue weighted by molar-refractivity contribution is 0.0935. The summed E-state index contributed by atoms with van der Waals surface area (Å²) in [6, 6.07) is 9.77. The first-order valence-electron chi connectivity index (χ1n) is 6.25. The van der Waals surface area contributed by atoms with E-state index in [0.717, 1.165) is 16.9 Å². The Morgan fingerprint density at radius 3 is 2.84 bits per heavy atom. The zero-order chi connectivity index (χ0) is 13.8. The number of thiol groups is 1. The molecule has 0 spiro atoms. The van der Waals surface area contributed by atoms with Crippen LogP contribution in [0.4, 0.5) is 0 Å². The summed E-state index contributed by atoms with van der Waals surface area (Å²) in [5.74, 6) is -0.0337. The molecule has 1 N–H and O–H groups in total. The van der Waals surface area contributed by atoms with Gasteiger partial charge in [0.15, 0.2) is 0 Å². The van der Waals surface area contributed by atoms with Crippen LogP contribution in [0, 0.1) is 6.92 Å². The van der Waals surface area contributed by atoms with Gasteiger partial charge in [-0.25, -0.2) is 0 Å². The molecular formula is C15H17NOS2. The summed E-state index contributed by atoms with van der Waals surface area (Å²) in [7, 11) is 0. The van der Waals surface area contributed by atoms with Crippen LogP contribution in [0.15, 0.2) is 40.6 Å². The van der Waals surface area contributed by atoms with E-state index in [4.69, 9.17) is 0 Å². The maximum Gasteiger partial charge on any atom is 0.252 e. The number of nitrogens with one attached hydrogen (secondary N) is 1. The van der Waals surface area contributed by atoms with Crippen molar-refractivity contribution < 1.29 is 4.79 Å². The van der Waals surface area contributed by atoms with Gasteiger partial charge in [0.1, 0.15) is 0 Å². The molecule has 19 heavy (non-hydrogen) atoms. The summed E-state index contributed by atoms with van der Waals surface area (Å²) in [6.45, 7) is 4.01. The van der Waals surface area contributed by atoms with Gasteiger partial charge in [0, 0.05) is 15.3 Å². The van der Waals surface area contributed by atoms with Crippen molar-refractivity contribution in [3.8, 4) is 0 Å². The van der Waals surface area contributed by atoms with Gasteiger partial charge in [-0.05, 0) is 42.5 Å². The van der Waals surface area contributed by atoms with Crippen molar-refractivity contribution in [1.82, 2.24) is 5.32 Å². The Morgan fingerprint density at radius 1 is 1.42 bits per heavy atom. The molecule has 0 saturated carbocycles. The van der Waals surface area contributed by atoms with Crippen LogP contribution in [0.1, 0.15) is 40.2 Å². The molecule has 1 atom stereocenters. The molecule has 1 unspecified atom stereocenters. The monoisotopic (exact) mass is 291 g/mol. The predicted molar refractivity (Wildman–Crippen MR) is 83.2 cm³/mol. The highest BCUT2D eigenvalue weighted by Crippen LogP contribution is 2.23. The Labute approximate surface area is 123 Å². The molecule has 0 aliphatic heterocycles. The van der Waals surface area contributed by atoms with E-state index in [2.05, 4.69) is 30.9 Å². The van der Waals surface area contributed by atoms with Crippen LogP contribution >= 0.6 is 24.0 Å². The van der Waals surface area contributed by atoms with E-state index in [1.165, 1.54) is 4.88 Å². The molecule has 1 heterocycles. The summed E-state index contributed by atoms with van der Waals surface area (Å²) in [5.41, 5.74) is 1.67. The van der Waals surface area contributed by atoms with Gasteiger partial charge in [-0.3, -0.25) is 4.79 Å². The van der Waals surface area contributed by atoms with Crippen LogP contribution in [0.3, 0.4) is 0 Å². The first-order valence-corrected chi connectivity index (χ1v) is 7.58. The highest BCUT2D eigenvalue weighted by atomic mass is 32.1. The molecule has 2 rings (SSSR count). The predicted octanol–water partition coefficient (Wildman–Crippen LogP) is 4.23. The fourth-order valence-electron chi connectivity index (χ4n) is 1.95. The van der Waals surface area contributed by atoms with Crippen molar-refractivity contribution in [2.45, 2.75) is 31.2 Å². The molecule has 1 aromatic carbocycles. The van der Waals surface area contributed by atoms with E-state index in [9.17, 15) is 4.79 Å². The van der Waals surface area contributed by atoms with E-state index in [-0.39, 0.29) is 11.9 Å². The molecule has 0 radical (unpaired) electrons. The summed E-state index contributed by atoms with van der Waals surface area (Å²) in [4.78, 5) is 14.3. The van der Waals surface area contributed by atoms with Gasteiger partial charge < -0.3 is 5.32 Å². The van der Waals surface area contributed by atoms with E-state index in [1.807, 2.05) is 36.6 Å². The smallest absolute Gasteiger partial charge is 0.252 e. The van der Waals surface area contributed by atoms with Crippen molar-refractivity contribution in [2.24, 2.45) is 0 Å². The number of carbonyl (C=O) groups is 1. The van der Waals surface area contributed by atoms with Gasteiger partial charge in [-0.1, -0.05) is 19.1 Å². The molecule has 1 aromatic heterocycles. The van der Waals surface area contributed by atoms with Crippen LogP contribution in [0.5, 0.6) is 0 Å². The summed E-state index contributed by atoms with van der Waals surface area (Å²) in [6.07, 6.45) is 0.881. The van der Waals surface area contributed by atoms with Gasteiger partial charge in [-0.15, -0.1) is 24.0 Å². The third-order valence-electron chi connectivity index (χ3n) is 3.07. The van der Waals surface area contributed by atoms with Gasteiger partial charge in [0.05, 0.1) is 6.04 Å². The molecule has 2 aromatic rings. The molecule has 0 fully saturated rings. The fraction of sp³-hybridized carbons (Fsp3) is 0.267. The molecule has 0 aliphatic rings. The molecule has 2 nitrogen and oxygen atoms in total. The number of thiophene rings is 1. The average molecular weight is 291 g/mol. The quantitative estimate of drug-likeness (QED) is 0.811. The lowest BCUT2D eigenvalue weighted by Gasteiger charge is -2.16. The first-order chi connectivity index (χ1) is 9.11. The zero-order valence-electron chi connectivity index (χ0n) is 11.0. The topological polar surface area (TPSA) is 29.1 Å². The normalized spacial score (nSPS) is 12.2. The molecule has 1 amide bonds. The second-order valence-corrected chi connectivity index (χ2v) is 5.94. The number of hydrogen-bond acceptors (Lipinski definition) is 3. The summed E-state index contributed by atoms with van der Waals surface area (Å²) in [5, 5.41) is 5.12. The number of carbonyl (C=O) groups excluding carboxylic acids is 1. The van der Waals surface area contributed by atoms with Crippen LogP contribution in [0.25, 0.3) is 0 Å². The Morgan fingerprint density at radius 2 is 2.21 bits per heavy atom. The minimum atomic E-state index is -0.0337. The Hall–Kier alpha value is -1.26. The summed E-state index contributed by atoms with van der Waals surface area (Å²) < 4.78 is 0. The van der Waals surface area contributed by atoms with E-state index >= 15 is 0 Å². The van der Waals surface area contributed by atoms with Gasteiger partial charge in [0.25, 0.3) is 5.91 Å². The maximum absolute atomic E-state index is 12.3. The number of hydrogen-bond donors (Lipinski definition) is 2. The SMILES string of the molecule is CCC(NC(=O)c1cc(S)ccc1C)c1cccs1. The van der Waals surface area contributed by atoms with Crippen molar-refractivity contribution in [1.29, 1.82) is 0 Å². The fourth-order valence-corrected chi connectivity index (χ4v) is 3.02. The third kappa shape index (κ3) is 3.39. The number of benzene rings is 1. The Bertz CT molecular complexity index is 564. The lowest BCUT2D eigenvalue weighted by atomic mass is 10.1. The van der Waals surface area contributed by atoms with Gasteiger partial charge in [0.2, 0.25) is 0 Å². The Balaban J connectivity index is 2.18. The second kappa shape index (κ2) is 6.26. The minimum Gasteiger partial charge on any atom is -0.344 e. The van der Waals surface area contributed by atoms with Crippen molar-refractivity contribution >= 4 is 29.9 Å². The van der Waals surface area contributed by atoms with Crippen molar-refractivity contribution in [3.63, 3.8) is 0 Å². The number of aryl methyl sites for hydroxylation is 1. The van der Waals surface area contributed by atoms with Crippen LogP contribution in [0.2, 0.25) is 0 Å². The average Bonchev–Trinajstić information content (AvgIpc) is 2.92. The standard InChI is InChI=1S/C15H17NOS2/c1-3-13(14-5-4-8-19-14)16-15(17)12-9-11(18)7-6-10(12)2/h4-9,13,18H,3H2,1-2H3,(H,16,17). The molecule has 0 saturated heterocycles. The summed E-state index contributed by atoms with van der Waals surface area (Å²) >= 11 is 5.96. The van der Waals surface area contributed by atoms with Crippen LogP contribution < -0.4 is 5.32 Å². The zero-order valence-corrected chi connectivity index (χ0v) is 12.7. The Kier molecular flexibility index (Phi) is 4.66. The van der Waals surface area contributed by atoms with Crippen LogP contribution in [-0.2, 0) is 0 Å². The van der Waals surface area contributed by atoms with Gasteiger partial charge >= 0.3 is 0 Å². The minimum absolute atomic E-state index is 0.0337. The van der Waals surface area contributed by atoms with E-state index in [1.54, 1.807) is 11.3 Å². The number of rotatable bonds is 4. The molecule has 0 bridgehead atoms. The van der Waals surface area contributed by atoms with E-state index in [0.29, 0.717) is 5.56 Å². The molecule has 4 heteroatoms. The maximum atomic E-state index is 12.3. The molecule has 100 valence electrons. The largest absolute Gasteiger partial charge is 0.344 e. The highest BCUT2D eigenvalue weighted by Gasteiger charge is 2.16. The van der Waals surface area contributed by atoms with E-state index < -0.39 is 0 Å². The highest BCUT2D eigenvalue weighted by molar-refractivity contribution is 7.80. The lowest BCUT2D eigenvalue weighted by Crippen LogP contribution is -2.28. The van der Waals surface area contributed by atoms with Gasteiger partial charge in [-0.2, -0.15) is 0 Å². The molecule has 0 aliphatic carbocycles. The van der Waals surface area contributed by atoms with Crippen molar-refractivity contribution in [2.75, 3.05) is 0 Å². The van der Waals surface area contributed by atoms with Crippen LogP contribution in [-0.4, -0.2) is 5.91 Å². The third-order valence-corrected chi connectivity index (χ3v) is 4.33. The van der Waals surface area contributed by atoms with Crippen molar-refractivity contribution in [3.05, 3.63) is 51.7 Å². The molecular weight excluding hydrogens is 274 g/mol.